The van der Waals surface area contributed by atoms with E-state index in [4.69, 9.17) is 16.3 Å². The van der Waals surface area contributed by atoms with Crippen LogP contribution in [-0.2, 0) is 9.53 Å². The van der Waals surface area contributed by atoms with Crippen LogP contribution in [-0.4, -0.2) is 44.6 Å². The van der Waals surface area contributed by atoms with Gasteiger partial charge in [0.25, 0.3) is 0 Å². The van der Waals surface area contributed by atoms with Gasteiger partial charge in [0.05, 0.1) is 24.6 Å². The molecule has 2 rings (SSSR count). The summed E-state index contributed by atoms with van der Waals surface area (Å²) < 4.78 is 5.43. The summed E-state index contributed by atoms with van der Waals surface area (Å²) in [6.07, 6.45) is 1.25. The van der Waals surface area contributed by atoms with E-state index in [-0.39, 0.29) is 5.91 Å². The van der Waals surface area contributed by atoms with Gasteiger partial charge in [0.2, 0.25) is 5.91 Å². The van der Waals surface area contributed by atoms with Crippen LogP contribution >= 0.6 is 22.9 Å². The van der Waals surface area contributed by atoms with E-state index in [0.29, 0.717) is 24.9 Å². The predicted molar refractivity (Wildman–Crippen MR) is 81.5 cm³/mol. The molecule has 112 valence electrons. The predicted octanol–water partition coefficient (Wildman–Crippen LogP) is 0.840. The second kappa shape index (κ2) is 8.62. The van der Waals surface area contributed by atoms with Crippen LogP contribution in [0.25, 0.3) is 0 Å². The molecule has 1 atom stereocenters. The summed E-state index contributed by atoms with van der Waals surface area (Å²) in [4.78, 5) is 14.6. The van der Waals surface area contributed by atoms with Crippen LogP contribution in [0.3, 0.4) is 0 Å². The summed E-state index contributed by atoms with van der Waals surface area (Å²) in [6, 6.07) is 4.56. The Hall–Kier alpha value is -0.620. The molecule has 0 unspecified atom stereocenters. The van der Waals surface area contributed by atoms with Gasteiger partial charge in [-0.05, 0) is 17.9 Å². The molecule has 1 fully saturated rings. The number of ether oxygens (including phenoxy) is 1. The van der Waals surface area contributed by atoms with Gasteiger partial charge in [-0.1, -0.05) is 6.07 Å². The number of amides is 1. The van der Waals surface area contributed by atoms with Crippen molar-refractivity contribution in [3.05, 3.63) is 22.4 Å². The van der Waals surface area contributed by atoms with E-state index >= 15 is 0 Å². The molecule has 0 spiro atoms. The number of alkyl halides is 1. The minimum Gasteiger partial charge on any atom is -0.370 e. The molecular weight excluding hydrogens is 296 g/mol. The average molecular weight is 318 g/mol. The van der Waals surface area contributed by atoms with Gasteiger partial charge in [-0.2, -0.15) is 0 Å². The first-order chi connectivity index (χ1) is 9.81. The molecule has 1 aliphatic rings. The highest BCUT2D eigenvalue weighted by molar-refractivity contribution is 7.10. The number of hydrogen-bond donors (Lipinski definition) is 2. The van der Waals surface area contributed by atoms with Gasteiger partial charge in [0.1, 0.15) is 19.1 Å². The van der Waals surface area contributed by atoms with Crippen LogP contribution in [0.1, 0.15) is 23.8 Å². The van der Waals surface area contributed by atoms with E-state index in [0.717, 1.165) is 32.7 Å². The Kier molecular flexibility index (Phi) is 6.79. The van der Waals surface area contributed by atoms with Crippen LogP contribution in [0.15, 0.2) is 17.5 Å². The highest BCUT2D eigenvalue weighted by atomic mass is 35.5. The maximum atomic E-state index is 11.8. The zero-order valence-corrected chi connectivity index (χ0v) is 13.1. The molecular formula is C14H22ClN2O2S+. The minimum absolute atomic E-state index is 0.0971. The molecule has 4 nitrogen and oxygen atoms in total. The summed E-state index contributed by atoms with van der Waals surface area (Å²) in [5, 5.41) is 5.15. The number of carbonyl (C=O) groups is 1. The molecule has 1 aromatic rings. The van der Waals surface area contributed by atoms with Crippen molar-refractivity contribution in [3.8, 4) is 0 Å². The zero-order chi connectivity index (χ0) is 14.2. The fourth-order valence-electron chi connectivity index (χ4n) is 2.45. The van der Waals surface area contributed by atoms with Gasteiger partial charge < -0.3 is 15.0 Å². The number of halogens is 1. The molecule has 0 aromatic carbocycles. The molecule has 1 aliphatic heterocycles. The van der Waals surface area contributed by atoms with Crippen LogP contribution in [0.5, 0.6) is 0 Å². The normalized spacial score (nSPS) is 17.9. The summed E-state index contributed by atoms with van der Waals surface area (Å²) in [6.45, 7) is 4.30. The third-order valence-electron chi connectivity index (χ3n) is 3.56. The molecule has 2 heterocycles. The second-order valence-electron chi connectivity index (χ2n) is 4.94. The van der Waals surface area contributed by atoms with Crippen LogP contribution in [0.4, 0.5) is 0 Å². The minimum atomic E-state index is 0.0971. The first-order valence-electron chi connectivity index (χ1n) is 7.09. The lowest BCUT2D eigenvalue weighted by molar-refractivity contribution is -0.937. The highest BCUT2D eigenvalue weighted by Gasteiger charge is 2.27. The first kappa shape index (κ1) is 15.8. The van der Waals surface area contributed by atoms with Crippen LogP contribution in [0, 0.1) is 0 Å². The summed E-state index contributed by atoms with van der Waals surface area (Å²) >= 11 is 7.38. The lowest BCUT2D eigenvalue weighted by Gasteiger charge is -2.31. The van der Waals surface area contributed by atoms with Crippen molar-refractivity contribution in [2.24, 2.45) is 0 Å². The fraction of sp³-hybridized carbons (Fsp3) is 0.643. The van der Waals surface area contributed by atoms with Crippen molar-refractivity contribution >= 4 is 28.8 Å². The third kappa shape index (κ3) is 4.74. The number of nitrogens with one attached hydrogen (secondary N) is 2. The summed E-state index contributed by atoms with van der Waals surface area (Å²) in [5.41, 5.74) is 0. The number of rotatable bonds is 7. The molecule has 0 saturated carbocycles. The molecule has 1 aromatic heterocycles. The van der Waals surface area contributed by atoms with E-state index in [1.165, 1.54) is 9.78 Å². The van der Waals surface area contributed by atoms with E-state index in [2.05, 4.69) is 22.8 Å². The maximum absolute atomic E-state index is 11.8. The lowest BCUT2D eigenvalue weighted by atomic mass is 10.2. The molecule has 2 N–H and O–H groups in total. The van der Waals surface area contributed by atoms with Crippen molar-refractivity contribution in [1.29, 1.82) is 0 Å². The smallest absolute Gasteiger partial charge is 0.220 e. The topological polar surface area (TPSA) is 42.8 Å². The average Bonchev–Trinajstić information content (AvgIpc) is 3.00. The van der Waals surface area contributed by atoms with Crippen molar-refractivity contribution < 1.29 is 14.4 Å². The van der Waals surface area contributed by atoms with Gasteiger partial charge >= 0.3 is 0 Å². The number of morpholine rings is 1. The van der Waals surface area contributed by atoms with E-state index in [1.54, 1.807) is 11.3 Å². The molecule has 6 heteroatoms. The third-order valence-corrected chi connectivity index (χ3v) is 4.81. The van der Waals surface area contributed by atoms with Crippen molar-refractivity contribution in [2.75, 3.05) is 38.7 Å². The van der Waals surface area contributed by atoms with E-state index in [1.807, 2.05) is 0 Å². The van der Waals surface area contributed by atoms with Crippen molar-refractivity contribution in [3.63, 3.8) is 0 Å². The van der Waals surface area contributed by atoms with Crippen LogP contribution in [0.2, 0.25) is 0 Å². The quantitative estimate of drug-likeness (QED) is 0.732. The number of quaternary nitrogens is 1. The Morgan fingerprint density at radius 2 is 2.30 bits per heavy atom. The molecule has 20 heavy (non-hydrogen) atoms. The Labute approximate surface area is 129 Å². The van der Waals surface area contributed by atoms with Gasteiger partial charge in [-0.15, -0.1) is 22.9 Å². The summed E-state index contributed by atoms with van der Waals surface area (Å²) in [7, 11) is 0. The Bertz CT molecular complexity index is 394. The molecule has 0 radical (unpaired) electrons. The second-order valence-corrected chi connectivity index (χ2v) is 6.29. The maximum Gasteiger partial charge on any atom is 0.220 e. The lowest BCUT2D eigenvalue weighted by Crippen LogP contribution is -3.15. The number of carbonyl (C=O) groups excluding carboxylic acids is 1. The molecule has 0 aliphatic carbocycles. The molecule has 1 amide bonds. The monoisotopic (exact) mass is 317 g/mol. The zero-order valence-electron chi connectivity index (χ0n) is 11.6. The Morgan fingerprint density at radius 3 is 2.95 bits per heavy atom. The van der Waals surface area contributed by atoms with Crippen LogP contribution < -0.4 is 10.2 Å². The van der Waals surface area contributed by atoms with Crippen molar-refractivity contribution in [2.45, 2.75) is 18.9 Å². The Balaban J connectivity index is 1.91. The number of hydrogen-bond acceptors (Lipinski definition) is 3. The largest absolute Gasteiger partial charge is 0.370 e. The summed E-state index contributed by atoms with van der Waals surface area (Å²) in [5.74, 6) is 0.635. The number of thiophene rings is 1. The molecule has 1 saturated heterocycles. The standard InChI is InChI=1S/C14H21ClN2O2S/c15-5-1-4-14(18)16-11-12(13-3-2-10-20-13)17-6-8-19-9-7-17/h2-3,10,12H,1,4-9,11H2,(H,16,18)/p+1/t12-/m0/s1. The van der Waals surface area contributed by atoms with E-state index < -0.39 is 0 Å². The van der Waals surface area contributed by atoms with E-state index in [9.17, 15) is 4.79 Å². The molecule has 0 bridgehead atoms. The Morgan fingerprint density at radius 1 is 1.50 bits per heavy atom. The van der Waals surface area contributed by atoms with Gasteiger partial charge in [-0.25, -0.2) is 0 Å². The van der Waals surface area contributed by atoms with Gasteiger partial charge in [0.15, 0.2) is 0 Å². The van der Waals surface area contributed by atoms with Crippen molar-refractivity contribution in [1.82, 2.24) is 5.32 Å². The SMILES string of the molecule is O=C(CCCCl)NC[C@@H](c1cccs1)[NH+]1CCOCC1. The highest BCUT2D eigenvalue weighted by Crippen LogP contribution is 2.16. The van der Waals surface area contributed by atoms with Gasteiger partial charge in [-0.3, -0.25) is 4.79 Å². The van der Waals surface area contributed by atoms with Gasteiger partial charge in [0, 0.05) is 12.3 Å². The fourth-order valence-corrected chi connectivity index (χ4v) is 3.47. The first-order valence-corrected chi connectivity index (χ1v) is 8.51.